The van der Waals surface area contributed by atoms with Crippen molar-refractivity contribution in [1.82, 2.24) is 4.90 Å². The van der Waals surface area contributed by atoms with Gasteiger partial charge in [-0.1, -0.05) is 28.1 Å². The Morgan fingerprint density at radius 1 is 1.53 bits per heavy atom. The highest BCUT2D eigenvalue weighted by Crippen LogP contribution is 2.16. The number of halogens is 2. The van der Waals surface area contributed by atoms with Crippen LogP contribution in [0.2, 0.25) is 0 Å². The zero-order valence-electron chi connectivity index (χ0n) is 9.23. The third-order valence-corrected chi connectivity index (χ3v) is 3.52. The first-order valence-electron chi connectivity index (χ1n) is 5.43. The van der Waals surface area contributed by atoms with Gasteiger partial charge in [0.15, 0.2) is 0 Å². The van der Waals surface area contributed by atoms with E-state index in [4.69, 9.17) is 4.74 Å². The van der Waals surface area contributed by atoms with Crippen LogP contribution in [0.15, 0.2) is 24.3 Å². The van der Waals surface area contributed by atoms with Gasteiger partial charge >= 0.3 is 0 Å². The van der Waals surface area contributed by atoms with E-state index in [-0.39, 0.29) is 17.5 Å². The molecule has 1 aromatic rings. The lowest BCUT2D eigenvalue weighted by atomic mass is 10.1. The summed E-state index contributed by atoms with van der Waals surface area (Å²) in [6, 6.07) is 6.03. The molecular formula is C12H13BrFNO2. The Kier molecular flexibility index (Phi) is 4.12. The number of rotatable bonds is 2. The van der Waals surface area contributed by atoms with Crippen molar-refractivity contribution < 1.29 is 13.9 Å². The second-order valence-corrected chi connectivity index (χ2v) is 4.51. The highest BCUT2D eigenvalue weighted by Gasteiger charge is 2.28. The number of amides is 1. The molecule has 3 nitrogen and oxygen atoms in total. The van der Waals surface area contributed by atoms with E-state index < -0.39 is 5.82 Å². The molecular weight excluding hydrogens is 289 g/mol. The van der Waals surface area contributed by atoms with Crippen LogP contribution in [-0.2, 0) is 4.74 Å². The number of morpholine rings is 1. The zero-order valence-corrected chi connectivity index (χ0v) is 10.8. The van der Waals surface area contributed by atoms with Crippen LogP contribution in [0, 0.1) is 5.82 Å². The maximum absolute atomic E-state index is 13.5. The number of carbonyl (C=O) groups excluding carboxylic acids is 1. The van der Waals surface area contributed by atoms with Crippen molar-refractivity contribution in [3.63, 3.8) is 0 Å². The first kappa shape index (κ1) is 12.5. The van der Waals surface area contributed by atoms with Gasteiger partial charge < -0.3 is 9.64 Å². The van der Waals surface area contributed by atoms with Crippen molar-refractivity contribution in [1.29, 1.82) is 0 Å². The van der Waals surface area contributed by atoms with E-state index in [9.17, 15) is 9.18 Å². The fourth-order valence-corrected chi connectivity index (χ4v) is 2.38. The third-order valence-electron chi connectivity index (χ3n) is 2.77. The highest BCUT2D eigenvalue weighted by molar-refractivity contribution is 9.09. The molecule has 1 aliphatic heterocycles. The molecule has 5 heteroatoms. The maximum atomic E-state index is 13.5. The first-order valence-corrected chi connectivity index (χ1v) is 6.55. The molecule has 1 unspecified atom stereocenters. The number of carbonyl (C=O) groups is 1. The summed E-state index contributed by atoms with van der Waals surface area (Å²) < 4.78 is 18.8. The fraction of sp³-hybridized carbons (Fsp3) is 0.417. The molecule has 0 saturated carbocycles. The number of hydrogen-bond donors (Lipinski definition) is 0. The molecule has 0 aliphatic carbocycles. The fourth-order valence-electron chi connectivity index (χ4n) is 1.84. The molecule has 2 rings (SSSR count). The van der Waals surface area contributed by atoms with Gasteiger partial charge in [-0.25, -0.2) is 4.39 Å². The maximum Gasteiger partial charge on any atom is 0.257 e. The van der Waals surface area contributed by atoms with Crippen molar-refractivity contribution in [2.45, 2.75) is 6.04 Å². The Balaban J connectivity index is 2.21. The molecule has 0 aromatic heterocycles. The van der Waals surface area contributed by atoms with Gasteiger partial charge in [-0.3, -0.25) is 4.79 Å². The minimum absolute atomic E-state index is 0.0316. The highest BCUT2D eigenvalue weighted by atomic mass is 79.9. The normalized spacial score (nSPS) is 20.4. The van der Waals surface area contributed by atoms with E-state index in [0.717, 1.165) is 0 Å². The van der Waals surface area contributed by atoms with Gasteiger partial charge in [0.25, 0.3) is 5.91 Å². The van der Waals surface area contributed by atoms with Crippen molar-refractivity contribution in [3.05, 3.63) is 35.6 Å². The molecule has 1 atom stereocenters. The molecule has 1 amide bonds. The summed E-state index contributed by atoms with van der Waals surface area (Å²) in [5, 5.41) is 0.632. The summed E-state index contributed by atoms with van der Waals surface area (Å²) in [5.41, 5.74) is 0.125. The van der Waals surface area contributed by atoms with E-state index >= 15 is 0 Å². The number of hydrogen-bond acceptors (Lipinski definition) is 2. The molecule has 1 aromatic carbocycles. The van der Waals surface area contributed by atoms with Crippen molar-refractivity contribution in [2.24, 2.45) is 0 Å². The average molecular weight is 302 g/mol. The first-order chi connectivity index (χ1) is 8.24. The smallest absolute Gasteiger partial charge is 0.257 e. The minimum Gasteiger partial charge on any atom is -0.377 e. The molecule has 1 aliphatic rings. The molecule has 1 saturated heterocycles. The van der Waals surface area contributed by atoms with E-state index in [2.05, 4.69) is 15.9 Å². The Morgan fingerprint density at radius 3 is 3.00 bits per heavy atom. The standard InChI is InChI=1S/C12H13BrFNO2/c13-7-9-8-17-6-5-15(9)12(16)10-3-1-2-4-11(10)14/h1-4,9H,5-8H2. The van der Waals surface area contributed by atoms with E-state index in [0.29, 0.717) is 25.1 Å². The molecule has 1 fully saturated rings. The number of nitrogens with zero attached hydrogens (tertiary/aromatic N) is 1. The topological polar surface area (TPSA) is 29.5 Å². The summed E-state index contributed by atoms with van der Waals surface area (Å²) in [4.78, 5) is 13.9. The van der Waals surface area contributed by atoms with E-state index in [1.54, 1.807) is 17.0 Å². The zero-order chi connectivity index (χ0) is 12.3. The largest absolute Gasteiger partial charge is 0.377 e. The molecule has 92 valence electrons. The lowest BCUT2D eigenvalue weighted by molar-refractivity contribution is 0.00500. The summed E-state index contributed by atoms with van der Waals surface area (Å²) in [7, 11) is 0. The van der Waals surface area contributed by atoms with Crippen molar-refractivity contribution >= 4 is 21.8 Å². The summed E-state index contributed by atoms with van der Waals surface area (Å²) >= 11 is 3.34. The van der Waals surface area contributed by atoms with Crippen LogP contribution in [0.4, 0.5) is 4.39 Å². The summed E-state index contributed by atoms with van der Waals surface area (Å²) in [6.07, 6.45) is 0. The Bertz CT molecular complexity index is 413. The quantitative estimate of drug-likeness (QED) is 0.783. The van der Waals surface area contributed by atoms with Gasteiger partial charge in [-0.15, -0.1) is 0 Å². The molecule has 0 bridgehead atoms. The molecule has 0 spiro atoms. The minimum atomic E-state index is -0.475. The van der Waals surface area contributed by atoms with Crippen LogP contribution < -0.4 is 0 Å². The number of benzene rings is 1. The van der Waals surface area contributed by atoms with Gasteiger partial charge in [0.2, 0.25) is 0 Å². The van der Waals surface area contributed by atoms with E-state index in [1.165, 1.54) is 12.1 Å². The van der Waals surface area contributed by atoms with Gasteiger partial charge in [0, 0.05) is 11.9 Å². The third kappa shape index (κ3) is 2.66. The number of alkyl halides is 1. The SMILES string of the molecule is O=C(c1ccccc1F)N1CCOCC1CBr. The van der Waals surface area contributed by atoms with Crippen LogP contribution in [0.3, 0.4) is 0 Å². The monoisotopic (exact) mass is 301 g/mol. The average Bonchev–Trinajstić information content (AvgIpc) is 2.38. The number of ether oxygens (including phenoxy) is 1. The molecule has 17 heavy (non-hydrogen) atoms. The predicted molar refractivity (Wildman–Crippen MR) is 65.8 cm³/mol. The Labute approximate surface area is 108 Å². The lowest BCUT2D eigenvalue weighted by Crippen LogP contribution is -2.49. The molecule has 0 radical (unpaired) electrons. The molecule has 0 N–H and O–H groups in total. The van der Waals surface area contributed by atoms with Gasteiger partial charge in [0.05, 0.1) is 24.8 Å². The van der Waals surface area contributed by atoms with Crippen LogP contribution in [0.25, 0.3) is 0 Å². The van der Waals surface area contributed by atoms with Gasteiger partial charge in [0.1, 0.15) is 5.82 Å². The molecule has 1 heterocycles. The Hall–Kier alpha value is -0.940. The van der Waals surface area contributed by atoms with Crippen molar-refractivity contribution in [3.8, 4) is 0 Å². The Morgan fingerprint density at radius 2 is 2.29 bits per heavy atom. The van der Waals surface area contributed by atoms with Gasteiger partial charge in [-0.05, 0) is 12.1 Å². The van der Waals surface area contributed by atoms with Gasteiger partial charge in [-0.2, -0.15) is 0 Å². The second kappa shape index (κ2) is 5.60. The van der Waals surface area contributed by atoms with Crippen molar-refractivity contribution in [2.75, 3.05) is 25.1 Å². The van der Waals surface area contributed by atoms with E-state index in [1.807, 2.05) is 0 Å². The second-order valence-electron chi connectivity index (χ2n) is 3.86. The summed E-state index contributed by atoms with van der Waals surface area (Å²) in [6.45, 7) is 1.50. The predicted octanol–water partition coefficient (Wildman–Crippen LogP) is 2.06. The lowest BCUT2D eigenvalue weighted by Gasteiger charge is -2.34. The van der Waals surface area contributed by atoms with Crippen LogP contribution >= 0.6 is 15.9 Å². The van der Waals surface area contributed by atoms with Crippen LogP contribution in [0.5, 0.6) is 0 Å². The summed E-state index contributed by atoms with van der Waals surface area (Å²) in [5.74, 6) is -0.742. The van der Waals surface area contributed by atoms with Crippen LogP contribution in [-0.4, -0.2) is 41.9 Å². The van der Waals surface area contributed by atoms with Crippen LogP contribution in [0.1, 0.15) is 10.4 Å².